The monoisotopic (exact) mass is 210 g/mol. The van der Waals surface area contributed by atoms with Crippen molar-refractivity contribution in [3.63, 3.8) is 0 Å². The summed E-state index contributed by atoms with van der Waals surface area (Å²) in [4.78, 5) is 1.96. The molecule has 0 bridgehead atoms. The van der Waals surface area contributed by atoms with Crippen molar-refractivity contribution in [2.75, 3.05) is 20.7 Å². The first kappa shape index (κ1) is 12.0. The number of hydrogen-bond donors (Lipinski definition) is 3. The van der Waals surface area contributed by atoms with Crippen molar-refractivity contribution >= 4 is 0 Å². The van der Waals surface area contributed by atoms with Gasteiger partial charge in [0.15, 0.2) is 0 Å². The highest BCUT2D eigenvalue weighted by Gasteiger charge is 2.08. The summed E-state index contributed by atoms with van der Waals surface area (Å²) in [5.74, 6) is 0.262. The summed E-state index contributed by atoms with van der Waals surface area (Å²) in [5.41, 5.74) is 7.36. The molecule has 84 valence electrons. The van der Waals surface area contributed by atoms with Crippen LogP contribution < -0.4 is 5.73 Å². The van der Waals surface area contributed by atoms with Crippen molar-refractivity contribution in [1.29, 1.82) is 0 Å². The van der Waals surface area contributed by atoms with Crippen LogP contribution >= 0.6 is 0 Å². The number of hydrogen-bond acceptors (Lipinski definition) is 4. The third-order valence-corrected chi connectivity index (χ3v) is 2.21. The Labute approximate surface area is 89.9 Å². The van der Waals surface area contributed by atoms with E-state index >= 15 is 0 Å². The topological polar surface area (TPSA) is 69.7 Å². The summed E-state index contributed by atoms with van der Waals surface area (Å²) < 4.78 is 0. The first-order valence-corrected chi connectivity index (χ1v) is 4.87. The number of phenolic OH excluding ortho intramolecular Hbond substituents is 1. The number of benzene rings is 1. The van der Waals surface area contributed by atoms with Gasteiger partial charge in [0.1, 0.15) is 5.75 Å². The number of aromatic hydroxyl groups is 1. The molecule has 15 heavy (non-hydrogen) atoms. The Balaban J connectivity index is 2.94. The van der Waals surface area contributed by atoms with Crippen LogP contribution in [0.2, 0.25) is 0 Å². The smallest absolute Gasteiger partial charge is 0.120 e. The molecule has 0 radical (unpaired) electrons. The predicted molar refractivity (Wildman–Crippen MR) is 59.5 cm³/mol. The summed E-state index contributed by atoms with van der Waals surface area (Å²) in [6, 6.07) is 4.79. The molecule has 0 fully saturated rings. The molecule has 1 rings (SSSR count). The summed E-state index contributed by atoms with van der Waals surface area (Å²) in [6.45, 7) is 0.560. The number of aliphatic hydroxyl groups excluding tert-OH is 1. The standard InChI is InChI=1S/C11H18N2O2/c1-13(2)6-9-5-8(10(12)7-14)3-4-11(9)15/h3-5,10,14-15H,6-7,12H2,1-2H3. The zero-order valence-electron chi connectivity index (χ0n) is 9.14. The van der Waals surface area contributed by atoms with Crippen molar-refractivity contribution in [3.8, 4) is 5.75 Å². The largest absolute Gasteiger partial charge is 0.508 e. The third-order valence-electron chi connectivity index (χ3n) is 2.21. The Kier molecular flexibility index (Phi) is 4.08. The van der Waals surface area contributed by atoms with Crippen LogP contribution in [-0.2, 0) is 6.54 Å². The highest BCUT2D eigenvalue weighted by atomic mass is 16.3. The molecule has 4 heteroatoms. The van der Waals surface area contributed by atoms with Gasteiger partial charge in [0.25, 0.3) is 0 Å². The second-order valence-corrected chi connectivity index (χ2v) is 3.91. The zero-order chi connectivity index (χ0) is 11.4. The molecule has 0 aliphatic heterocycles. The fourth-order valence-electron chi connectivity index (χ4n) is 1.41. The van der Waals surface area contributed by atoms with Gasteiger partial charge in [-0.3, -0.25) is 0 Å². The Hall–Kier alpha value is -1.10. The van der Waals surface area contributed by atoms with E-state index in [1.165, 1.54) is 0 Å². The number of nitrogens with zero attached hydrogens (tertiary/aromatic N) is 1. The Morgan fingerprint density at radius 3 is 2.60 bits per heavy atom. The minimum absolute atomic E-state index is 0.0911. The van der Waals surface area contributed by atoms with Crippen LogP contribution in [0.25, 0.3) is 0 Å². The molecule has 0 saturated heterocycles. The normalized spacial score (nSPS) is 13.1. The minimum Gasteiger partial charge on any atom is -0.508 e. The van der Waals surface area contributed by atoms with Gasteiger partial charge in [-0.25, -0.2) is 0 Å². The number of nitrogens with two attached hydrogens (primary N) is 1. The van der Waals surface area contributed by atoms with Crippen LogP contribution in [0.1, 0.15) is 17.2 Å². The van der Waals surface area contributed by atoms with Crippen molar-refractivity contribution in [3.05, 3.63) is 29.3 Å². The average Bonchev–Trinajstić information content (AvgIpc) is 2.19. The molecule has 1 atom stereocenters. The second-order valence-electron chi connectivity index (χ2n) is 3.91. The molecule has 4 N–H and O–H groups in total. The molecule has 1 unspecified atom stereocenters. The van der Waals surface area contributed by atoms with E-state index in [1.807, 2.05) is 25.1 Å². The molecule has 1 aromatic carbocycles. The van der Waals surface area contributed by atoms with E-state index in [1.54, 1.807) is 12.1 Å². The minimum atomic E-state index is -0.383. The van der Waals surface area contributed by atoms with Gasteiger partial charge in [-0.2, -0.15) is 0 Å². The van der Waals surface area contributed by atoms with Crippen LogP contribution in [0.4, 0.5) is 0 Å². The molecule has 0 aliphatic carbocycles. The van der Waals surface area contributed by atoms with Gasteiger partial charge in [0.05, 0.1) is 12.6 Å². The van der Waals surface area contributed by atoms with Gasteiger partial charge in [-0.15, -0.1) is 0 Å². The second kappa shape index (κ2) is 5.11. The lowest BCUT2D eigenvalue weighted by molar-refractivity contribution is 0.267. The highest BCUT2D eigenvalue weighted by Crippen LogP contribution is 2.22. The van der Waals surface area contributed by atoms with Crippen LogP contribution in [0.15, 0.2) is 18.2 Å². The van der Waals surface area contributed by atoms with Crippen LogP contribution in [0.3, 0.4) is 0 Å². The van der Waals surface area contributed by atoms with Gasteiger partial charge in [0, 0.05) is 12.1 Å². The maximum Gasteiger partial charge on any atom is 0.120 e. The molecular formula is C11H18N2O2. The number of aliphatic hydroxyl groups is 1. The van der Waals surface area contributed by atoms with Gasteiger partial charge in [0.2, 0.25) is 0 Å². The highest BCUT2D eigenvalue weighted by molar-refractivity contribution is 5.37. The molecule has 0 aliphatic rings. The van der Waals surface area contributed by atoms with Crippen LogP contribution in [0.5, 0.6) is 5.75 Å². The molecule has 0 saturated carbocycles. The SMILES string of the molecule is CN(C)Cc1cc(C(N)CO)ccc1O. The summed E-state index contributed by atoms with van der Waals surface area (Å²) in [6.07, 6.45) is 0. The van der Waals surface area contributed by atoms with E-state index in [4.69, 9.17) is 10.8 Å². The van der Waals surface area contributed by atoms with Gasteiger partial charge < -0.3 is 20.8 Å². The van der Waals surface area contributed by atoms with E-state index in [0.29, 0.717) is 6.54 Å². The third kappa shape index (κ3) is 3.20. The predicted octanol–water partition coefficient (Wildman–Crippen LogP) is 0.446. The Bertz CT molecular complexity index is 326. The van der Waals surface area contributed by atoms with E-state index in [0.717, 1.165) is 11.1 Å². The van der Waals surface area contributed by atoms with E-state index in [2.05, 4.69) is 0 Å². The van der Waals surface area contributed by atoms with Gasteiger partial charge >= 0.3 is 0 Å². The number of phenols is 1. The Morgan fingerprint density at radius 2 is 2.07 bits per heavy atom. The summed E-state index contributed by atoms with van der Waals surface area (Å²) >= 11 is 0. The van der Waals surface area contributed by atoms with Gasteiger partial charge in [-0.05, 0) is 31.8 Å². The first-order valence-electron chi connectivity index (χ1n) is 4.87. The lowest BCUT2D eigenvalue weighted by Crippen LogP contribution is -2.16. The molecule has 4 nitrogen and oxygen atoms in total. The number of rotatable bonds is 4. The van der Waals surface area contributed by atoms with E-state index in [-0.39, 0.29) is 18.4 Å². The molecule has 0 spiro atoms. The van der Waals surface area contributed by atoms with Crippen molar-refractivity contribution in [2.24, 2.45) is 5.73 Å². The molecular weight excluding hydrogens is 192 g/mol. The fraction of sp³-hybridized carbons (Fsp3) is 0.455. The van der Waals surface area contributed by atoms with Gasteiger partial charge in [-0.1, -0.05) is 6.07 Å². The fourth-order valence-corrected chi connectivity index (χ4v) is 1.41. The Morgan fingerprint density at radius 1 is 1.40 bits per heavy atom. The maximum atomic E-state index is 9.61. The van der Waals surface area contributed by atoms with Crippen molar-refractivity contribution in [1.82, 2.24) is 4.90 Å². The van der Waals surface area contributed by atoms with Crippen molar-refractivity contribution < 1.29 is 10.2 Å². The zero-order valence-corrected chi connectivity index (χ0v) is 9.14. The molecule has 0 aromatic heterocycles. The van der Waals surface area contributed by atoms with E-state index in [9.17, 15) is 5.11 Å². The average molecular weight is 210 g/mol. The first-order chi connectivity index (χ1) is 7.04. The van der Waals surface area contributed by atoms with Crippen LogP contribution in [-0.4, -0.2) is 35.8 Å². The maximum absolute atomic E-state index is 9.61. The quantitative estimate of drug-likeness (QED) is 0.674. The van der Waals surface area contributed by atoms with Crippen LogP contribution in [0, 0.1) is 0 Å². The lowest BCUT2D eigenvalue weighted by Gasteiger charge is -2.14. The van der Waals surface area contributed by atoms with Crippen molar-refractivity contribution in [2.45, 2.75) is 12.6 Å². The lowest BCUT2D eigenvalue weighted by atomic mass is 10.0. The molecule has 0 heterocycles. The van der Waals surface area contributed by atoms with E-state index < -0.39 is 0 Å². The summed E-state index contributed by atoms with van der Waals surface area (Å²) in [5, 5.41) is 18.5. The summed E-state index contributed by atoms with van der Waals surface area (Å²) in [7, 11) is 3.86. The molecule has 0 amide bonds. The molecule has 1 aromatic rings.